The van der Waals surface area contributed by atoms with Crippen molar-refractivity contribution in [1.82, 2.24) is 0 Å². The number of hydrogen-bond acceptors (Lipinski definition) is 2. The second-order valence-electron chi connectivity index (χ2n) is 8.91. The molecule has 27 heavy (non-hydrogen) atoms. The number of hydrogen-bond donors (Lipinski definition) is 0. The molecule has 1 aromatic rings. The van der Waals surface area contributed by atoms with Crippen LogP contribution in [0.4, 0.5) is 0 Å². The lowest BCUT2D eigenvalue weighted by Crippen LogP contribution is -2.29. The maximum atomic E-state index is 12.6. The van der Waals surface area contributed by atoms with Crippen molar-refractivity contribution in [2.45, 2.75) is 103 Å². The summed E-state index contributed by atoms with van der Waals surface area (Å²) in [6.07, 6.45) is 14.0. The molecule has 0 saturated heterocycles. The largest absolute Gasteiger partial charge is 0.462 e. The fourth-order valence-corrected chi connectivity index (χ4v) is 5.11. The van der Waals surface area contributed by atoms with Crippen molar-refractivity contribution >= 4 is 5.97 Å². The Kier molecular flexibility index (Phi) is 7.79. The van der Waals surface area contributed by atoms with Gasteiger partial charge >= 0.3 is 5.97 Å². The molecule has 0 amide bonds. The number of carbonyl (C=O) groups excluding carboxylic acids is 1. The van der Waals surface area contributed by atoms with Gasteiger partial charge in [0.05, 0.1) is 5.92 Å². The van der Waals surface area contributed by atoms with E-state index in [0.717, 1.165) is 44.4 Å². The van der Waals surface area contributed by atoms with Gasteiger partial charge < -0.3 is 4.74 Å². The van der Waals surface area contributed by atoms with Crippen molar-refractivity contribution < 1.29 is 9.53 Å². The molecule has 3 rings (SSSR count). The van der Waals surface area contributed by atoms with Gasteiger partial charge in [0.1, 0.15) is 6.10 Å². The van der Waals surface area contributed by atoms with Crippen molar-refractivity contribution in [2.75, 3.05) is 0 Å². The van der Waals surface area contributed by atoms with Crippen LogP contribution < -0.4 is 0 Å². The summed E-state index contributed by atoms with van der Waals surface area (Å²) >= 11 is 0. The molecule has 0 aromatic heterocycles. The SMILES string of the molecule is CCCc1ccc(C2CCC(OC(=O)C3CCC(CCC)CC3)CC2)cc1. The predicted molar refractivity (Wildman–Crippen MR) is 112 cm³/mol. The molecule has 2 saturated carbocycles. The minimum absolute atomic E-state index is 0.0947. The van der Waals surface area contributed by atoms with Gasteiger partial charge in [-0.2, -0.15) is 0 Å². The van der Waals surface area contributed by atoms with Gasteiger partial charge in [-0.3, -0.25) is 4.79 Å². The van der Waals surface area contributed by atoms with Gasteiger partial charge in [-0.05, 0) is 80.8 Å². The third-order valence-electron chi connectivity index (χ3n) is 6.82. The Morgan fingerprint density at radius 1 is 0.889 bits per heavy atom. The maximum absolute atomic E-state index is 12.6. The Bertz CT molecular complexity index is 560. The zero-order valence-corrected chi connectivity index (χ0v) is 17.4. The number of carbonyl (C=O) groups is 1. The molecule has 2 heteroatoms. The topological polar surface area (TPSA) is 26.3 Å². The summed E-state index contributed by atoms with van der Waals surface area (Å²) in [5.41, 5.74) is 2.91. The van der Waals surface area contributed by atoms with Crippen molar-refractivity contribution in [1.29, 1.82) is 0 Å². The molecule has 2 aliphatic carbocycles. The number of rotatable bonds is 7. The maximum Gasteiger partial charge on any atom is 0.309 e. The summed E-state index contributed by atoms with van der Waals surface area (Å²) in [7, 11) is 0. The van der Waals surface area contributed by atoms with Crippen molar-refractivity contribution in [3.63, 3.8) is 0 Å². The minimum Gasteiger partial charge on any atom is -0.462 e. The molecule has 0 spiro atoms. The van der Waals surface area contributed by atoms with Crippen molar-refractivity contribution in [2.24, 2.45) is 11.8 Å². The Hall–Kier alpha value is -1.31. The Labute approximate surface area is 166 Å². The number of aryl methyl sites for hydroxylation is 1. The molecule has 0 aliphatic heterocycles. The van der Waals surface area contributed by atoms with Gasteiger partial charge in [0.15, 0.2) is 0 Å². The van der Waals surface area contributed by atoms with Gasteiger partial charge in [0.25, 0.3) is 0 Å². The summed E-state index contributed by atoms with van der Waals surface area (Å²) < 4.78 is 5.92. The summed E-state index contributed by atoms with van der Waals surface area (Å²) in [5.74, 6) is 1.75. The fourth-order valence-electron chi connectivity index (χ4n) is 5.11. The zero-order valence-electron chi connectivity index (χ0n) is 17.4. The van der Waals surface area contributed by atoms with Crippen molar-refractivity contribution in [3.8, 4) is 0 Å². The minimum atomic E-state index is 0.0947. The van der Waals surface area contributed by atoms with E-state index in [1.807, 2.05) is 0 Å². The van der Waals surface area contributed by atoms with Gasteiger partial charge in [0.2, 0.25) is 0 Å². The first kappa shape index (κ1) is 20.4. The summed E-state index contributed by atoms with van der Waals surface area (Å²) in [5, 5.41) is 0. The van der Waals surface area contributed by atoms with Crippen LogP contribution in [0, 0.1) is 11.8 Å². The smallest absolute Gasteiger partial charge is 0.309 e. The van der Waals surface area contributed by atoms with Gasteiger partial charge in [-0.1, -0.05) is 57.4 Å². The lowest BCUT2D eigenvalue weighted by molar-refractivity contribution is -0.157. The van der Waals surface area contributed by atoms with E-state index in [4.69, 9.17) is 4.74 Å². The third kappa shape index (κ3) is 5.83. The quantitative estimate of drug-likeness (QED) is 0.492. The lowest BCUT2D eigenvalue weighted by Gasteiger charge is -2.31. The third-order valence-corrected chi connectivity index (χ3v) is 6.82. The van der Waals surface area contributed by atoms with Gasteiger partial charge in [-0.25, -0.2) is 0 Å². The number of benzene rings is 1. The number of ether oxygens (including phenoxy) is 1. The standard InChI is InChI=1S/C25H38O2/c1-3-5-19-7-11-21(12-8-19)22-15-17-24(18-16-22)27-25(26)23-13-9-20(6-4-2)10-14-23/h7-8,11-12,20,22-24H,3-6,9-10,13-18H2,1-2H3. The van der Waals surface area contributed by atoms with Crippen LogP contribution in [-0.2, 0) is 16.0 Å². The van der Waals surface area contributed by atoms with E-state index >= 15 is 0 Å². The van der Waals surface area contributed by atoms with Crippen molar-refractivity contribution in [3.05, 3.63) is 35.4 Å². The first-order valence-electron chi connectivity index (χ1n) is 11.5. The van der Waals surface area contributed by atoms with Crippen LogP contribution in [0.25, 0.3) is 0 Å². The predicted octanol–water partition coefficient (Wildman–Crippen LogP) is 6.82. The molecular formula is C25H38O2. The average molecular weight is 371 g/mol. The molecule has 2 fully saturated rings. The molecule has 0 N–H and O–H groups in total. The van der Waals surface area contributed by atoms with Crippen LogP contribution in [-0.4, -0.2) is 12.1 Å². The Morgan fingerprint density at radius 2 is 1.56 bits per heavy atom. The summed E-state index contributed by atoms with van der Waals surface area (Å²) in [6, 6.07) is 9.22. The second kappa shape index (κ2) is 10.3. The highest BCUT2D eigenvalue weighted by Crippen LogP contribution is 2.36. The molecule has 0 unspecified atom stereocenters. The number of esters is 1. The Balaban J connectivity index is 1.41. The average Bonchev–Trinajstić information content (AvgIpc) is 2.70. The highest BCUT2D eigenvalue weighted by molar-refractivity contribution is 5.72. The van der Waals surface area contributed by atoms with Gasteiger partial charge in [0, 0.05) is 0 Å². The van der Waals surface area contributed by atoms with Crippen LogP contribution >= 0.6 is 0 Å². The first-order chi connectivity index (χ1) is 13.2. The molecule has 1 aromatic carbocycles. The fraction of sp³-hybridized carbons (Fsp3) is 0.720. The summed E-state index contributed by atoms with van der Waals surface area (Å²) in [6.45, 7) is 4.49. The van der Waals surface area contributed by atoms with E-state index in [2.05, 4.69) is 38.1 Å². The van der Waals surface area contributed by atoms with Crippen LogP contribution in [0.1, 0.15) is 102 Å². The van der Waals surface area contributed by atoms with E-state index in [1.54, 1.807) is 0 Å². The second-order valence-corrected chi connectivity index (χ2v) is 8.91. The van der Waals surface area contributed by atoms with E-state index in [0.29, 0.717) is 5.92 Å². The highest BCUT2D eigenvalue weighted by atomic mass is 16.5. The van der Waals surface area contributed by atoms with Crippen LogP contribution in [0.2, 0.25) is 0 Å². The molecule has 0 atom stereocenters. The first-order valence-corrected chi connectivity index (χ1v) is 11.5. The summed E-state index contributed by atoms with van der Waals surface area (Å²) in [4.78, 5) is 12.6. The molecule has 0 heterocycles. The lowest BCUT2D eigenvalue weighted by atomic mass is 9.80. The molecule has 2 aliphatic rings. The molecule has 0 radical (unpaired) electrons. The normalized spacial score (nSPS) is 28.7. The highest BCUT2D eigenvalue weighted by Gasteiger charge is 2.30. The van der Waals surface area contributed by atoms with E-state index in [9.17, 15) is 4.79 Å². The van der Waals surface area contributed by atoms with Crippen LogP contribution in [0.5, 0.6) is 0 Å². The Morgan fingerprint density at radius 3 is 2.15 bits per heavy atom. The monoisotopic (exact) mass is 370 g/mol. The van der Waals surface area contributed by atoms with E-state index < -0.39 is 0 Å². The molecule has 150 valence electrons. The molecule has 2 nitrogen and oxygen atoms in total. The van der Waals surface area contributed by atoms with Gasteiger partial charge in [-0.15, -0.1) is 0 Å². The zero-order chi connectivity index (χ0) is 19.1. The van der Waals surface area contributed by atoms with Crippen LogP contribution in [0.3, 0.4) is 0 Å². The van der Waals surface area contributed by atoms with E-state index in [-0.39, 0.29) is 18.0 Å². The molecule has 0 bridgehead atoms. The molecular weight excluding hydrogens is 332 g/mol. The van der Waals surface area contributed by atoms with Crippen LogP contribution in [0.15, 0.2) is 24.3 Å². The van der Waals surface area contributed by atoms with E-state index in [1.165, 1.54) is 49.7 Å².